The molecule has 78 valence electrons. The Labute approximate surface area is 80.9 Å². The molecule has 1 heterocycles. The van der Waals surface area contributed by atoms with E-state index >= 15 is 0 Å². The third kappa shape index (κ3) is 3.25. The molecule has 3 N–H and O–H groups in total. The normalized spacial score (nSPS) is 33.2. The van der Waals surface area contributed by atoms with Crippen molar-refractivity contribution < 1.29 is 5.11 Å². The molecule has 13 heavy (non-hydrogen) atoms. The summed E-state index contributed by atoms with van der Waals surface area (Å²) in [6.45, 7) is 7.10. The summed E-state index contributed by atoms with van der Waals surface area (Å²) in [4.78, 5) is 2.32. The van der Waals surface area contributed by atoms with Gasteiger partial charge in [0.05, 0.1) is 6.10 Å². The predicted octanol–water partition coefficient (Wildman–Crippen LogP) is 0.426. The summed E-state index contributed by atoms with van der Waals surface area (Å²) in [6.07, 6.45) is 1.75. The molecule has 0 aromatic rings. The predicted molar refractivity (Wildman–Crippen MR) is 54.5 cm³/mol. The monoisotopic (exact) mass is 186 g/mol. The number of nitrogens with zero attached hydrogens (tertiary/aromatic N) is 1. The number of aliphatic hydroxyl groups excluding tert-OH is 1. The van der Waals surface area contributed by atoms with Crippen molar-refractivity contribution in [2.45, 2.75) is 38.8 Å². The van der Waals surface area contributed by atoms with Crippen molar-refractivity contribution in [1.29, 1.82) is 0 Å². The van der Waals surface area contributed by atoms with Gasteiger partial charge < -0.3 is 15.7 Å². The summed E-state index contributed by atoms with van der Waals surface area (Å²) in [5, 5.41) is 9.49. The van der Waals surface area contributed by atoms with Gasteiger partial charge in [-0.3, -0.25) is 0 Å². The van der Waals surface area contributed by atoms with Gasteiger partial charge in [-0.05, 0) is 25.3 Å². The fourth-order valence-corrected chi connectivity index (χ4v) is 1.84. The first kappa shape index (κ1) is 11.0. The molecule has 0 aromatic heterocycles. The fraction of sp³-hybridized carbons (Fsp3) is 1.00. The molecule has 3 unspecified atom stereocenters. The Morgan fingerprint density at radius 1 is 1.62 bits per heavy atom. The van der Waals surface area contributed by atoms with Gasteiger partial charge in [0.2, 0.25) is 0 Å². The molecule has 3 nitrogen and oxygen atoms in total. The number of aliphatic hydroxyl groups is 1. The van der Waals surface area contributed by atoms with Crippen molar-refractivity contribution >= 4 is 0 Å². The van der Waals surface area contributed by atoms with E-state index in [2.05, 4.69) is 11.8 Å². The summed E-state index contributed by atoms with van der Waals surface area (Å²) in [5.74, 6) is 0.567. The average Bonchev–Trinajstić information content (AvgIpc) is 2.11. The molecule has 1 fully saturated rings. The van der Waals surface area contributed by atoms with Gasteiger partial charge in [0.1, 0.15) is 0 Å². The maximum Gasteiger partial charge on any atom is 0.0664 e. The van der Waals surface area contributed by atoms with Gasteiger partial charge in [-0.1, -0.05) is 13.8 Å². The molecule has 1 aliphatic heterocycles. The zero-order valence-electron chi connectivity index (χ0n) is 8.74. The molecule has 0 spiro atoms. The van der Waals surface area contributed by atoms with Gasteiger partial charge >= 0.3 is 0 Å². The van der Waals surface area contributed by atoms with E-state index in [1.165, 1.54) is 0 Å². The minimum atomic E-state index is -0.165. The van der Waals surface area contributed by atoms with Crippen LogP contribution in [0.25, 0.3) is 0 Å². The lowest BCUT2D eigenvalue weighted by Gasteiger charge is -2.35. The van der Waals surface area contributed by atoms with E-state index in [4.69, 9.17) is 5.73 Å². The lowest BCUT2D eigenvalue weighted by Crippen LogP contribution is -2.47. The molecule has 0 amide bonds. The fourth-order valence-electron chi connectivity index (χ4n) is 1.84. The molecule has 0 aliphatic carbocycles. The summed E-state index contributed by atoms with van der Waals surface area (Å²) in [5.41, 5.74) is 5.91. The minimum absolute atomic E-state index is 0.165. The topological polar surface area (TPSA) is 49.5 Å². The van der Waals surface area contributed by atoms with Crippen LogP contribution in [-0.4, -0.2) is 41.8 Å². The van der Waals surface area contributed by atoms with Gasteiger partial charge in [-0.2, -0.15) is 0 Å². The highest BCUT2D eigenvalue weighted by Gasteiger charge is 2.23. The third-order valence-electron chi connectivity index (χ3n) is 3.00. The molecule has 0 saturated carbocycles. The highest BCUT2D eigenvalue weighted by molar-refractivity contribution is 4.80. The second kappa shape index (κ2) is 4.94. The van der Waals surface area contributed by atoms with Crippen LogP contribution in [0.1, 0.15) is 26.7 Å². The minimum Gasteiger partial charge on any atom is -0.392 e. The van der Waals surface area contributed by atoms with Gasteiger partial charge in [-0.25, -0.2) is 0 Å². The first-order valence-corrected chi connectivity index (χ1v) is 5.29. The van der Waals surface area contributed by atoms with Crippen LogP contribution in [0.3, 0.4) is 0 Å². The Morgan fingerprint density at radius 3 is 2.85 bits per heavy atom. The van der Waals surface area contributed by atoms with Gasteiger partial charge in [0.15, 0.2) is 0 Å². The number of hydrogen-bond donors (Lipinski definition) is 2. The lowest BCUT2D eigenvalue weighted by atomic mass is 9.94. The van der Waals surface area contributed by atoms with E-state index < -0.39 is 0 Å². The van der Waals surface area contributed by atoms with Crippen molar-refractivity contribution in [2.75, 3.05) is 19.6 Å². The van der Waals surface area contributed by atoms with Crippen molar-refractivity contribution in [3.05, 3.63) is 0 Å². The number of nitrogens with two attached hydrogens (primary N) is 1. The van der Waals surface area contributed by atoms with Crippen LogP contribution in [0.15, 0.2) is 0 Å². The quantitative estimate of drug-likeness (QED) is 0.672. The maximum absolute atomic E-state index is 9.49. The van der Waals surface area contributed by atoms with E-state index in [-0.39, 0.29) is 6.10 Å². The second-order valence-electron chi connectivity index (χ2n) is 4.25. The summed E-state index contributed by atoms with van der Waals surface area (Å²) >= 11 is 0. The Bertz CT molecular complexity index is 150. The Hall–Kier alpha value is -0.120. The largest absolute Gasteiger partial charge is 0.392 e. The molecule has 0 aromatic carbocycles. The lowest BCUT2D eigenvalue weighted by molar-refractivity contribution is 0.0792. The Balaban J connectivity index is 2.29. The number of rotatable bonds is 3. The number of likely N-dealkylation sites (tertiary alicyclic amines) is 1. The highest BCUT2D eigenvalue weighted by atomic mass is 16.3. The molecule has 3 heteroatoms. The SMILES string of the molecule is CCC(O)CN1CCC(N)C(C)C1. The molecule has 1 rings (SSSR count). The van der Waals surface area contributed by atoms with Crippen LogP contribution in [0.5, 0.6) is 0 Å². The van der Waals surface area contributed by atoms with Crippen LogP contribution >= 0.6 is 0 Å². The zero-order chi connectivity index (χ0) is 9.84. The maximum atomic E-state index is 9.49. The van der Waals surface area contributed by atoms with Gasteiger partial charge in [-0.15, -0.1) is 0 Å². The smallest absolute Gasteiger partial charge is 0.0664 e. The number of β-amino-alcohol motifs (C(OH)–C–C–N with tert-alkyl or cyclic N) is 1. The van der Waals surface area contributed by atoms with Crippen LogP contribution in [0.4, 0.5) is 0 Å². The van der Waals surface area contributed by atoms with Crippen molar-refractivity contribution in [2.24, 2.45) is 11.7 Å². The van der Waals surface area contributed by atoms with E-state index in [0.29, 0.717) is 12.0 Å². The standard InChI is InChI=1S/C10H22N2O/c1-3-9(13)7-12-5-4-10(11)8(2)6-12/h8-10,13H,3-7,11H2,1-2H3. The third-order valence-corrected chi connectivity index (χ3v) is 3.00. The first-order valence-electron chi connectivity index (χ1n) is 5.29. The first-order chi connectivity index (χ1) is 6.13. The highest BCUT2D eigenvalue weighted by Crippen LogP contribution is 2.15. The number of piperidine rings is 1. The molecule has 0 radical (unpaired) electrons. The Morgan fingerprint density at radius 2 is 2.31 bits per heavy atom. The molecule has 0 bridgehead atoms. The Kier molecular flexibility index (Phi) is 4.16. The molecule has 1 aliphatic rings. The van der Waals surface area contributed by atoms with E-state index in [1.807, 2.05) is 6.92 Å². The van der Waals surface area contributed by atoms with Crippen LogP contribution in [0.2, 0.25) is 0 Å². The van der Waals surface area contributed by atoms with Crippen molar-refractivity contribution in [1.82, 2.24) is 4.90 Å². The van der Waals surface area contributed by atoms with Crippen LogP contribution in [-0.2, 0) is 0 Å². The van der Waals surface area contributed by atoms with E-state index in [0.717, 1.165) is 32.5 Å². The number of hydrogen-bond acceptors (Lipinski definition) is 3. The second-order valence-corrected chi connectivity index (χ2v) is 4.25. The molecular formula is C10H22N2O. The zero-order valence-corrected chi connectivity index (χ0v) is 8.74. The van der Waals surface area contributed by atoms with Crippen LogP contribution in [0, 0.1) is 5.92 Å². The average molecular weight is 186 g/mol. The summed E-state index contributed by atoms with van der Waals surface area (Å²) in [7, 11) is 0. The van der Waals surface area contributed by atoms with Crippen molar-refractivity contribution in [3.63, 3.8) is 0 Å². The van der Waals surface area contributed by atoms with Crippen LogP contribution < -0.4 is 5.73 Å². The summed E-state index contributed by atoms with van der Waals surface area (Å²) < 4.78 is 0. The molecule has 3 atom stereocenters. The molecular weight excluding hydrogens is 164 g/mol. The van der Waals surface area contributed by atoms with E-state index in [1.54, 1.807) is 0 Å². The van der Waals surface area contributed by atoms with Crippen molar-refractivity contribution in [3.8, 4) is 0 Å². The molecule has 1 saturated heterocycles. The van der Waals surface area contributed by atoms with Gasteiger partial charge in [0, 0.05) is 19.1 Å². The van der Waals surface area contributed by atoms with Gasteiger partial charge in [0.25, 0.3) is 0 Å². The van der Waals surface area contributed by atoms with E-state index in [9.17, 15) is 5.11 Å². The summed E-state index contributed by atoms with van der Waals surface area (Å²) in [6, 6.07) is 0.356.